The summed E-state index contributed by atoms with van der Waals surface area (Å²) in [7, 11) is 0. The number of carbonyl (C=O) groups is 1. The molecule has 1 fully saturated rings. The van der Waals surface area contributed by atoms with Crippen LogP contribution in [-0.4, -0.2) is 31.7 Å². The van der Waals surface area contributed by atoms with Gasteiger partial charge in [-0.05, 0) is 43.7 Å². The Hall–Kier alpha value is -2.40. The summed E-state index contributed by atoms with van der Waals surface area (Å²) >= 11 is 0. The zero-order valence-corrected chi connectivity index (χ0v) is 13.5. The third-order valence-corrected chi connectivity index (χ3v) is 4.11. The third-order valence-electron chi connectivity index (χ3n) is 4.11. The van der Waals surface area contributed by atoms with E-state index in [-0.39, 0.29) is 6.04 Å². The second-order valence-electron chi connectivity index (χ2n) is 5.81. The van der Waals surface area contributed by atoms with Gasteiger partial charge < -0.3 is 15.0 Å². The van der Waals surface area contributed by atoms with Gasteiger partial charge in [0.2, 0.25) is 0 Å². The van der Waals surface area contributed by atoms with E-state index in [0.29, 0.717) is 23.7 Å². The Kier molecular flexibility index (Phi) is 5.43. The van der Waals surface area contributed by atoms with Gasteiger partial charge in [-0.15, -0.1) is 0 Å². The zero-order valence-electron chi connectivity index (χ0n) is 13.5. The number of halogens is 1. The minimum atomic E-state index is -1.02. The number of rotatable bonds is 6. The van der Waals surface area contributed by atoms with E-state index in [1.165, 1.54) is 4.90 Å². The fourth-order valence-corrected chi connectivity index (χ4v) is 2.92. The molecule has 1 N–H and O–H groups in total. The summed E-state index contributed by atoms with van der Waals surface area (Å²) in [5.74, 6) is 0.674. The lowest BCUT2D eigenvalue weighted by molar-refractivity contribution is -0.119. The predicted molar refractivity (Wildman–Crippen MR) is 92.3 cm³/mol. The van der Waals surface area contributed by atoms with Gasteiger partial charge in [-0.2, -0.15) is 0 Å². The highest BCUT2D eigenvalue weighted by molar-refractivity contribution is 5.95. The summed E-state index contributed by atoms with van der Waals surface area (Å²) in [6.07, 6.45) is 2.06. The summed E-state index contributed by atoms with van der Waals surface area (Å²) in [6.45, 7) is 0.356. The van der Waals surface area contributed by atoms with Crippen LogP contribution in [0.2, 0.25) is 0 Å². The van der Waals surface area contributed by atoms with Crippen LogP contribution in [0.4, 0.5) is 10.1 Å². The number of hydrogen-bond acceptors (Lipinski definition) is 3. The van der Waals surface area contributed by atoms with Crippen LogP contribution in [0, 0.1) is 0 Å². The number of nitrogens with zero attached hydrogens (tertiary/aromatic N) is 1. The Morgan fingerprint density at radius 1 is 1.17 bits per heavy atom. The lowest BCUT2D eigenvalue weighted by atomic mass is 10.2. The minimum absolute atomic E-state index is 0.185. The summed E-state index contributed by atoms with van der Waals surface area (Å²) in [4.78, 5) is 13.7. The van der Waals surface area contributed by atoms with E-state index in [1.807, 2.05) is 42.5 Å². The normalized spacial score (nSPS) is 16.8. The topological polar surface area (TPSA) is 41.6 Å². The number of alkyl halides is 1. The van der Waals surface area contributed by atoms with Crippen molar-refractivity contribution in [3.63, 3.8) is 0 Å². The maximum Gasteiger partial charge on any atom is 0.258 e. The number of hydrogen-bond donors (Lipinski definition) is 1. The molecule has 0 saturated carbocycles. The molecular weight excluding hydrogens is 307 g/mol. The molecule has 1 amide bonds. The van der Waals surface area contributed by atoms with Crippen LogP contribution in [0.3, 0.4) is 0 Å². The molecule has 0 bridgehead atoms. The quantitative estimate of drug-likeness (QED) is 0.882. The van der Waals surface area contributed by atoms with Crippen molar-refractivity contribution in [2.24, 2.45) is 0 Å². The van der Waals surface area contributed by atoms with Gasteiger partial charge in [-0.3, -0.25) is 4.79 Å². The average Bonchev–Trinajstić information content (AvgIpc) is 3.14. The summed E-state index contributed by atoms with van der Waals surface area (Å²) in [6, 6.07) is 16.8. The fraction of sp³-hybridized carbons (Fsp3) is 0.316. The molecule has 1 atom stereocenters. The Morgan fingerprint density at radius 2 is 1.92 bits per heavy atom. The lowest BCUT2D eigenvalue weighted by Crippen LogP contribution is -2.42. The highest BCUT2D eigenvalue weighted by Crippen LogP contribution is 2.32. The minimum Gasteiger partial charge on any atom is -0.455 e. The Morgan fingerprint density at radius 3 is 2.62 bits per heavy atom. The van der Waals surface area contributed by atoms with Gasteiger partial charge in [0.1, 0.15) is 5.75 Å². The molecule has 126 valence electrons. The van der Waals surface area contributed by atoms with Crippen molar-refractivity contribution in [3.05, 3.63) is 54.6 Å². The molecule has 1 aliphatic heterocycles. The van der Waals surface area contributed by atoms with E-state index >= 15 is 0 Å². The smallest absolute Gasteiger partial charge is 0.258 e. The van der Waals surface area contributed by atoms with Crippen LogP contribution in [0.5, 0.6) is 11.5 Å². The van der Waals surface area contributed by atoms with E-state index in [4.69, 9.17) is 4.74 Å². The van der Waals surface area contributed by atoms with Crippen LogP contribution in [0.1, 0.15) is 12.8 Å². The van der Waals surface area contributed by atoms with Gasteiger partial charge in [-0.1, -0.05) is 30.3 Å². The zero-order chi connectivity index (χ0) is 16.8. The highest BCUT2D eigenvalue weighted by atomic mass is 19.1. The summed E-state index contributed by atoms with van der Waals surface area (Å²) < 4.78 is 19.0. The van der Waals surface area contributed by atoms with E-state index in [2.05, 4.69) is 5.32 Å². The van der Waals surface area contributed by atoms with Crippen molar-refractivity contribution >= 4 is 11.6 Å². The monoisotopic (exact) mass is 328 g/mol. The maximum atomic E-state index is 13.1. The van der Waals surface area contributed by atoms with Crippen LogP contribution in [-0.2, 0) is 4.79 Å². The first kappa shape index (κ1) is 16.5. The average molecular weight is 328 g/mol. The highest BCUT2D eigenvalue weighted by Gasteiger charge is 2.25. The SMILES string of the molecule is O=C(CF)N(CC1CCCN1)c1ccccc1Oc1ccccc1. The second-order valence-corrected chi connectivity index (χ2v) is 5.81. The Labute approximate surface area is 141 Å². The second kappa shape index (κ2) is 7.93. The molecular formula is C19H21FN2O2. The molecule has 0 aromatic heterocycles. The van der Waals surface area contributed by atoms with Crippen molar-refractivity contribution in [2.45, 2.75) is 18.9 Å². The Balaban J connectivity index is 1.87. The number of para-hydroxylation sites is 3. The molecule has 0 radical (unpaired) electrons. The van der Waals surface area contributed by atoms with Crippen molar-refractivity contribution in [3.8, 4) is 11.5 Å². The van der Waals surface area contributed by atoms with Gasteiger partial charge in [0.25, 0.3) is 5.91 Å². The van der Waals surface area contributed by atoms with Crippen LogP contribution in [0.15, 0.2) is 54.6 Å². The van der Waals surface area contributed by atoms with Gasteiger partial charge >= 0.3 is 0 Å². The molecule has 0 spiro atoms. The number of benzene rings is 2. The van der Waals surface area contributed by atoms with Crippen LogP contribution < -0.4 is 15.0 Å². The number of anilines is 1. The summed E-state index contributed by atoms with van der Waals surface area (Å²) in [5, 5.41) is 3.35. The molecule has 2 aromatic carbocycles. The van der Waals surface area contributed by atoms with Crippen molar-refractivity contribution < 1.29 is 13.9 Å². The van der Waals surface area contributed by atoms with Crippen LogP contribution >= 0.6 is 0 Å². The molecule has 5 heteroatoms. The maximum absolute atomic E-state index is 13.1. The molecule has 1 saturated heterocycles. The van der Waals surface area contributed by atoms with E-state index in [1.54, 1.807) is 12.1 Å². The first-order chi connectivity index (χ1) is 11.8. The van der Waals surface area contributed by atoms with E-state index in [0.717, 1.165) is 19.4 Å². The molecule has 0 aliphatic carbocycles. The standard InChI is InChI=1S/C19H21FN2O2/c20-13-19(23)22(14-15-7-6-12-21-15)17-10-4-5-11-18(17)24-16-8-2-1-3-9-16/h1-5,8-11,15,21H,6-7,12-14H2. The fourth-order valence-electron chi connectivity index (χ4n) is 2.92. The molecule has 2 aromatic rings. The van der Waals surface area contributed by atoms with Gasteiger partial charge in [0.05, 0.1) is 5.69 Å². The molecule has 1 aliphatic rings. The van der Waals surface area contributed by atoms with Gasteiger partial charge in [-0.25, -0.2) is 4.39 Å². The van der Waals surface area contributed by atoms with Crippen LogP contribution in [0.25, 0.3) is 0 Å². The number of amides is 1. The Bertz CT molecular complexity index is 672. The predicted octanol–water partition coefficient (Wildman–Crippen LogP) is 3.53. The first-order valence-corrected chi connectivity index (χ1v) is 8.19. The molecule has 1 heterocycles. The summed E-state index contributed by atoms with van der Waals surface area (Å²) in [5.41, 5.74) is 0.595. The lowest BCUT2D eigenvalue weighted by Gasteiger charge is -2.26. The van der Waals surface area contributed by atoms with Crippen molar-refractivity contribution in [1.82, 2.24) is 5.32 Å². The molecule has 1 unspecified atom stereocenters. The van der Waals surface area contributed by atoms with Crippen molar-refractivity contribution in [2.75, 3.05) is 24.7 Å². The number of nitrogens with one attached hydrogen (secondary N) is 1. The molecule has 3 rings (SSSR count). The number of ether oxygens (including phenoxy) is 1. The van der Waals surface area contributed by atoms with Gasteiger partial charge in [0.15, 0.2) is 12.4 Å². The van der Waals surface area contributed by atoms with E-state index < -0.39 is 12.6 Å². The molecule has 4 nitrogen and oxygen atoms in total. The third kappa shape index (κ3) is 3.92. The largest absolute Gasteiger partial charge is 0.455 e. The number of carbonyl (C=O) groups excluding carboxylic acids is 1. The molecule has 24 heavy (non-hydrogen) atoms. The van der Waals surface area contributed by atoms with Gasteiger partial charge in [0, 0.05) is 12.6 Å². The van der Waals surface area contributed by atoms with Crippen molar-refractivity contribution in [1.29, 1.82) is 0 Å². The van der Waals surface area contributed by atoms with E-state index in [9.17, 15) is 9.18 Å². The first-order valence-electron chi connectivity index (χ1n) is 8.19.